The molecule has 0 aliphatic rings. The van der Waals surface area contributed by atoms with Crippen molar-refractivity contribution in [3.63, 3.8) is 0 Å². The number of nitrogens with zero attached hydrogens (tertiary/aromatic N) is 6. The van der Waals surface area contributed by atoms with Gasteiger partial charge in [-0.05, 0) is 35.4 Å². The summed E-state index contributed by atoms with van der Waals surface area (Å²) in [7, 11) is 0. The van der Waals surface area contributed by atoms with Crippen molar-refractivity contribution >= 4 is 11.0 Å². The molecule has 0 N–H and O–H groups in total. The Morgan fingerprint density at radius 3 is 2.43 bits per heavy atom. The Hall–Kier alpha value is -2.44. The van der Waals surface area contributed by atoms with Crippen molar-refractivity contribution in [2.24, 2.45) is 0 Å². The quantitative estimate of drug-likeness (QED) is 0.669. The van der Waals surface area contributed by atoms with E-state index in [1.54, 1.807) is 9.25 Å². The van der Waals surface area contributed by atoms with Gasteiger partial charge in [0.1, 0.15) is 0 Å². The van der Waals surface area contributed by atoms with E-state index in [0.29, 0.717) is 13.1 Å². The second kappa shape index (κ2) is 6.76. The van der Waals surface area contributed by atoms with Crippen LogP contribution in [0.4, 0.5) is 0 Å². The van der Waals surface area contributed by atoms with Crippen LogP contribution in [-0.2, 0) is 19.6 Å². The smallest absolute Gasteiger partial charge is 0.292 e. The maximum atomic E-state index is 12.8. The third-order valence-electron chi connectivity index (χ3n) is 4.00. The predicted molar refractivity (Wildman–Crippen MR) is 88.3 cm³/mol. The third-order valence-corrected chi connectivity index (χ3v) is 4.00. The largest absolute Gasteiger partial charge is 0.329 e. The first-order chi connectivity index (χ1) is 11.3. The summed E-state index contributed by atoms with van der Waals surface area (Å²) in [5, 5.41) is 11.9. The summed E-state index contributed by atoms with van der Waals surface area (Å²) >= 11 is 0. The molecule has 0 atom stereocenters. The van der Waals surface area contributed by atoms with Gasteiger partial charge < -0.3 is 0 Å². The Labute approximate surface area is 134 Å². The van der Waals surface area contributed by atoms with Crippen molar-refractivity contribution in [1.82, 2.24) is 29.3 Å². The first kappa shape index (κ1) is 15.5. The van der Waals surface area contributed by atoms with E-state index < -0.39 is 0 Å². The number of para-hydroxylation sites is 2. The molecule has 0 aliphatic carbocycles. The Morgan fingerprint density at radius 1 is 1.00 bits per heavy atom. The van der Waals surface area contributed by atoms with Crippen molar-refractivity contribution in [2.75, 3.05) is 0 Å². The molecular formula is C16H22N6O. The van der Waals surface area contributed by atoms with Crippen LogP contribution in [0.15, 0.2) is 29.1 Å². The summed E-state index contributed by atoms with van der Waals surface area (Å²) in [4.78, 5) is 12.8. The molecule has 0 aliphatic heterocycles. The summed E-state index contributed by atoms with van der Waals surface area (Å²) < 4.78 is 5.39. The molecule has 0 amide bonds. The van der Waals surface area contributed by atoms with Crippen molar-refractivity contribution < 1.29 is 0 Å². The van der Waals surface area contributed by atoms with Crippen LogP contribution < -0.4 is 5.69 Å². The molecule has 0 saturated carbocycles. The van der Waals surface area contributed by atoms with E-state index in [0.717, 1.165) is 42.7 Å². The van der Waals surface area contributed by atoms with Gasteiger partial charge in [-0.3, -0.25) is 9.13 Å². The molecule has 0 fully saturated rings. The van der Waals surface area contributed by atoms with Crippen LogP contribution in [0.1, 0.15) is 38.9 Å². The minimum absolute atomic E-state index is 0.00177. The molecule has 122 valence electrons. The normalized spacial score (nSPS) is 11.4. The van der Waals surface area contributed by atoms with Gasteiger partial charge in [-0.2, -0.15) is 0 Å². The highest BCUT2D eigenvalue weighted by Crippen LogP contribution is 2.14. The molecule has 7 heteroatoms. The van der Waals surface area contributed by atoms with Gasteiger partial charge in [0.05, 0.1) is 17.6 Å². The molecule has 0 unspecified atom stereocenters. The third kappa shape index (κ3) is 2.91. The number of aryl methyl sites for hydroxylation is 2. The SMILES string of the molecule is CCCCn1nnnc1Cn1c(=O)n(CCC)c2ccccc21. The first-order valence-electron chi connectivity index (χ1n) is 8.19. The molecule has 0 radical (unpaired) electrons. The van der Waals surface area contributed by atoms with E-state index in [1.807, 2.05) is 28.8 Å². The van der Waals surface area contributed by atoms with Crippen LogP contribution in [0, 0.1) is 0 Å². The van der Waals surface area contributed by atoms with Gasteiger partial charge in [-0.15, -0.1) is 5.10 Å². The number of benzene rings is 1. The fraction of sp³-hybridized carbons (Fsp3) is 0.500. The predicted octanol–water partition coefficient (Wildman–Crippen LogP) is 2.05. The van der Waals surface area contributed by atoms with Crippen molar-refractivity contribution in [3.8, 4) is 0 Å². The molecule has 0 spiro atoms. The van der Waals surface area contributed by atoms with Crippen LogP contribution >= 0.6 is 0 Å². The highest BCUT2D eigenvalue weighted by Gasteiger charge is 2.15. The lowest BCUT2D eigenvalue weighted by atomic mass is 10.3. The van der Waals surface area contributed by atoms with Gasteiger partial charge in [-0.1, -0.05) is 32.4 Å². The maximum absolute atomic E-state index is 12.8. The Bertz CT molecular complexity index is 844. The summed E-state index contributed by atoms with van der Waals surface area (Å²) in [6, 6.07) is 7.88. The average Bonchev–Trinajstić information content (AvgIpc) is 3.12. The average molecular weight is 314 g/mol. The lowest BCUT2D eigenvalue weighted by Crippen LogP contribution is -2.26. The van der Waals surface area contributed by atoms with E-state index in [1.165, 1.54) is 0 Å². The number of fused-ring (bicyclic) bond motifs is 1. The lowest BCUT2D eigenvalue weighted by molar-refractivity contribution is 0.520. The summed E-state index contributed by atoms with van der Waals surface area (Å²) in [5.41, 5.74) is 1.89. The number of hydrogen-bond donors (Lipinski definition) is 0. The van der Waals surface area contributed by atoms with Gasteiger partial charge in [0.25, 0.3) is 0 Å². The second-order valence-corrected chi connectivity index (χ2v) is 5.68. The molecule has 3 rings (SSSR count). The second-order valence-electron chi connectivity index (χ2n) is 5.68. The summed E-state index contributed by atoms with van der Waals surface area (Å²) in [6.07, 6.45) is 3.02. The number of hydrogen-bond acceptors (Lipinski definition) is 4. The summed E-state index contributed by atoms with van der Waals surface area (Å²) in [5.74, 6) is 0.722. The highest BCUT2D eigenvalue weighted by atomic mass is 16.1. The molecule has 23 heavy (non-hydrogen) atoms. The number of imidazole rings is 1. The monoisotopic (exact) mass is 314 g/mol. The molecule has 0 saturated heterocycles. The van der Waals surface area contributed by atoms with Gasteiger partial charge in [-0.25, -0.2) is 9.48 Å². The van der Waals surface area contributed by atoms with E-state index in [4.69, 9.17) is 0 Å². The van der Waals surface area contributed by atoms with Crippen LogP contribution in [-0.4, -0.2) is 29.3 Å². The van der Waals surface area contributed by atoms with E-state index >= 15 is 0 Å². The lowest BCUT2D eigenvalue weighted by Gasteiger charge is -2.04. The van der Waals surface area contributed by atoms with Gasteiger partial charge >= 0.3 is 5.69 Å². The van der Waals surface area contributed by atoms with Crippen molar-refractivity contribution in [3.05, 3.63) is 40.6 Å². The topological polar surface area (TPSA) is 70.5 Å². The number of rotatable bonds is 7. The minimum Gasteiger partial charge on any atom is -0.292 e. The molecule has 3 aromatic rings. The first-order valence-corrected chi connectivity index (χ1v) is 8.19. The molecular weight excluding hydrogens is 292 g/mol. The van der Waals surface area contributed by atoms with Gasteiger partial charge in [0.2, 0.25) is 0 Å². The molecule has 1 aromatic carbocycles. The highest BCUT2D eigenvalue weighted by molar-refractivity contribution is 5.76. The Morgan fingerprint density at radius 2 is 1.74 bits per heavy atom. The fourth-order valence-corrected chi connectivity index (χ4v) is 2.82. The van der Waals surface area contributed by atoms with Gasteiger partial charge in [0.15, 0.2) is 5.82 Å². The zero-order valence-electron chi connectivity index (χ0n) is 13.6. The van der Waals surface area contributed by atoms with Crippen LogP contribution in [0.3, 0.4) is 0 Å². The van der Waals surface area contributed by atoms with Crippen LogP contribution in [0.2, 0.25) is 0 Å². The van der Waals surface area contributed by atoms with Crippen molar-refractivity contribution in [2.45, 2.75) is 52.7 Å². The Kier molecular flexibility index (Phi) is 4.55. The molecule has 7 nitrogen and oxygen atoms in total. The fourth-order valence-electron chi connectivity index (χ4n) is 2.82. The Balaban J connectivity index is 2.02. The zero-order valence-corrected chi connectivity index (χ0v) is 13.6. The molecule has 2 heterocycles. The number of aromatic nitrogens is 6. The van der Waals surface area contributed by atoms with E-state index in [-0.39, 0.29) is 5.69 Å². The standard InChI is InChI=1S/C16H22N6O/c1-3-5-11-22-15(17-18-19-22)12-21-14-9-7-6-8-13(14)20(10-4-2)16(21)23/h6-9H,3-5,10-12H2,1-2H3. The number of tetrazole rings is 1. The van der Waals surface area contributed by atoms with E-state index in [9.17, 15) is 4.79 Å². The number of unbranched alkanes of at least 4 members (excludes halogenated alkanes) is 1. The minimum atomic E-state index is -0.00177. The summed E-state index contributed by atoms with van der Waals surface area (Å²) in [6.45, 7) is 6.10. The van der Waals surface area contributed by atoms with Crippen LogP contribution in [0.25, 0.3) is 11.0 Å². The van der Waals surface area contributed by atoms with Crippen LogP contribution in [0.5, 0.6) is 0 Å². The van der Waals surface area contributed by atoms with Gasteiger partial charge in [0, 0.05) is 13.1 Å². The van der Waals surface area contributed by atoms with Crippen molar-refractivity contribution in [1.29, 1.82) is 0 Å². The zero-order chi connectivity index (χ0) is 16.2. The maximum Gasteiger partial charge on any atom is 0.329 e. The molecule has 0 bridgehead atoms. The van der Waals surface area contributed by atoms with E-state index in [2.05, 4.69) is 29.4 Å². The molecule has 2 aromatic heterocycles.